The van der Waals surface area contributed by atoms with Gasteiger partial charge in [-0.3, -0.25) is 4.79 Å². The van der Waals surface area contributed by atoms with E-state index in [2.05, 4.69) is 4.98 Å². The molecule has 1 aliphatic rings. The molecule has 30 heavy (non-hydrogen) atoms. The molecule has 0 spiro atoms. The van der Waals surface area contributed by atoms with Crippen molar-refractivity contribution in [3.05, 3.63) is 46.2 Å². The Hall–Kier alpha value is -2.37. The number of ether oxygens (including phenoxy) is 1. The van der Waals surface area contributed by atoms with E-state index < -0.39 is 32.2 Å². The van der Waals surface area contributed by atoms with Crippen molar-refractivity contribution >= 4 is 15.7 Å². The van der Waals surface area contributed by atoms with E-state index in [1.807, 2.05) is 11.8 Å². The summed E-state index contributed by atoms with van der Waals surface area (Å²) >= 11 is 0. The number of H-pyrrole nitrogens is 1. The molecule has 0 saturated carbocycles. The number of nitrogens with zero attached hydrogens (tertiary/aromatic N) is 2. The average molecular weight is 445 g/mol. The molecule has 1 aliphatic heterocycles. The topological polar surface area (TPSA) is 82.7 Å². The Balaban J connectivity index is 2.17. The van der Waals surface area contributed by atoms with Crippen LogP contribution in [0.4, 0.5) is 18.9 Å². The van der Waals surface area contributed by atoms with Crippen LogP contribution in [0.1, 0.15) is 12.5 Å². The van der Waals surface area contributed by atoms with Gasteiger partial charge >= 0.3 is 6.18 Å². The van der Waals surface area contributed by atoms with Crippen LogP contribution in [-0.2, 0) is 20.9 Å². The Morgan fingerprint density at radius 2 is 1.90 bits per heavy atom. The van der Waals surface area contributed by atoms with E-state index in [4.69, 9.17) is 4.74 Å². The summed E-state index contributed by atoms with van der Waals surface area (Å²) in [6, 6.07) is 5.49. The van der Waals surface area contributed by atoms with Crippen molar-refractivity contribution in [1.82, 2.24) is 9.29 Å². The third-order valence-electron chi connectivity index (χ3n) is 4.89. The number of pyridine rings is 1. The van der Waals surface area contributed by atoms with Gasteiger partial charge in [0.1, 0.15) is 0 Å². The first kappa shape index (κ1) is 22.3. The highest BCUT2D eigenvalue weighted by atomic mass is 32.2. The predicted octanol–water partition coefficient (Wildman–Crippen LogP) is 2.54. The van der Waals surface area contributed by atoms with Crippen LogP contribution < -0.4 is 10.5 Å². The van der Waals surface area contributed by atoms with Crippen molar-refractivity contribution in [2.24, 2.45) is 0 Å². The van der Waals surface area contributed by atoms with Gasteiger partial charge in [0.2, 0.25) is 15.6 Å². The standard InChI is InChI=1S/C19H22F3N3O4S/c1-12-11-29-7-6-25(12)13-8-17(23-18(26)9-13)15-5-4-14(30(27,28)24(2)3)10-16(15)19(20,21)22/h4-5,8-10,12H,6-7,11H2,1-3H3,(H,23,26)/t12-/m1/s1. The average Bonchev–Trinajstić information content (AvgIpc) is 2.66. The molecule has 2 heterocycles. The molecule has 1 aromatic heterocycles. The highest BCUT2D eigenvalue weighted by Gasteiger charge is 2.36. The van der Waals surface area contributed by atoms with E-state index in [-0.39, 0.29) is 17.3 Å². The molecule has 0 unspecified atom stereocenters. The number of anilines is 1. The molecular weight excluding hydrogens is 423 g/mol. The molecule has 1 saturated heterocycles. The summed E-state index contributed by atoms with van der Waals surface area (Å²) in [6.45, 7) is 3.27. The molecule has 1 N–H and O–H groups in total. The van der Waals surface area contributed by atoms with E-state index in [9.17, 15) is 26.4 Å². The zero-order valence-electron chi connectivity index (χ0n) is 16.7. The second kappa shape index (κ2) is 8.05. The molecule has 11 heteroatoms. The Morgan fingerprint density at radius 1 is 1.20 bits per heavy atom. The van der Waals surface area contributed by atoms with Gasteiger partial charge in [-0.1, -0.05) is 6.07 Å². The van der Waals surface area contributed by atoms with E-state index in [0.717, 1.165) is 16.4 Å². The van der Waals surface area contributed by atoms with Gasteiger partial charge in [0, 0.05) is 44.0 Å². The summed E-state index contributed by atoms with van der Waals surface area (Å²) < 4.78 is 72.2. The van der Waals surface area contributed by atoms with Crippen LogP contribution in [0.25, 0.3) is 11.3 Å². The summed E-state index contributed by atoms with van der Waals surface area (Å²) in [5.41, 5.74) is -1.58. The monoisotopic (exact) mass is 445 g/mol. The maximum atomic E-state index is 13.8. The summed E-state index contributed by atoms with van der Waals surface area (Å²) in [5.74, 6) is 0. The lowest BCUT2D eigenvalue weighted by Crippen LogP contribution is -2.44. The van der Waals surface area contributed by atoms with Gasteiger partial charge in [-0.05, 0) is 25.1 Å². The Kier molecular flexibility index (Phi) is 5.99. The van der Waals surface area contributed by atoms with Crippen LogP contribution in [0, 0.1) is 0 Å². The number of alkyl halides is 3. The first-order chi connectivity index (χ1) is 13.9. The number of morpholine rings is 1. The largest absolute Gasteiger partial charge is 0.417 e. The number of benzene rings is 1. The third-order valence-corrected chi connectivity index (χ3v) is 6.70. The second-order valence-electron chi connectivity index (χ2n) is 7.23. The van der Waals surface area contributed by atoms with Crippen molar-refractivity contribution < 1.29 is 26.3 Å². The van der Waals surface area contributed by atoms with Gasteiger partial charge in [-0.25, -0.2) is 12.7 Å². The van der Waals surface area contributed by atoms with E-state index in [1.54, 1.807) is 0 Å². The SMILES string of the molecule is C[C@@H]1COCCN1c1cc(-c2ccc(S(=O)(=O)N(C)C)cc2C(F)(F)F)[nH]c(=O)c1. The fourth-order valence-corrected chi connectivity index (χ4v) is 4.24. The van der Waals surface area contributed by atoms with Crippen LogP contribution in [0.3, 0.4) is 0 Å². The smallest absolute Gasteiger partial charge is 0.377 e. The quantitative estimate of drug-likeness (QED) is 0.782. The number of hydrogen-bond donors (Lipinski definition) is 1. The molecule has 2 aromatic rings. The number of hydrogen-bond acceptors (Lipinski definition) is 5. The van der Waals surface area contributed by atoms with Gasteiger partial charge in [0.15, 0.2) is 0 Å². The van der Waals surface area contributed by atoms with Gasteiger partial charge in [0.05, 0.1) is 29.4 Å². The summed E-state index contributed by atoms with van der Waals surface area (Å²) in [7, 11) is -1.59. The minimum Gasteiger partial charge on any atom is -0.377 e. The zero-order chi connectivity index (χ0) is 22.3. The summed E-state index contributed by atoms with van der Waals surface area (Å²) in [5, 5.41) is 0. The van der Waals surface area contributed by atoms with Crippen LogP contribution in [0.15, 0.2) is 40.0 Å². The molecule has 0 amide bonds. The zero-order valence-corrected chi connectivity index (χ0v) is 17.5. The third kappa shape index (κ3) is 4.37. The Morgan fingerprint density at radius 3 is 2.50 bits per heavy atom. The highest BCUT2D eigenvalue weighted by Crippen LogP contribution is 2.38. The van der Waals surface area contributed by atoms with Crippen LogP contribution >= 0.6 is 0 Å². The fourth-order valence-electron chi connectivity index (χ4n) is 3.31. The first-order valence-corrected chi connectivity index (χ1v) is 10.6. The van der Waals surface area contributed by atoms with Crippen LogP contribution in [0.5, 0.6) is 0 Å². The van der Waals surface area contributed by atoms with E-state index in [1.165, 1.54) is 26.2 Å². The molecular formula is C19H22F3N3O4S. The number of aromatic nitrogens is 1. The number of rotatable bonds is 4. The molecule has 3 rings (SSSR count). The minimum atomic E-state index is -4.83. The molecule has 1 atom stereocenters. The second-order valence-corrected chi connectivity index (χ2v) is 9.38. The number of sulfonamides is 1. The maximum absolute atomic E-state index is 13.8. The molecule has 1 fully saturated rings. The molecule has 0 aliphatic carbocycles. The van der Waals surface area contributed by atoms with E-state index >= 15 is 0 Å². The first-order valence-electron chi connectivity index (χ1n) is 9.14. The predicted molar refractivity (Wildman–Crippen MR) is 106 cm³/mol. The lowest BCUT2D eigenvalue weighted by Gasteiger charge is -2.35. The van der Waals surface area contributed by atoms with Gasteiger partial charge in [-0.15, -0.1) is 0 Å². The number of halogens is 3. The van der Waals surface area contributed by atoms with Crippen LogP contribution in [0.2, 0.25) is 0 Å². The minimum absolute atomic E-state index is 0.0442. The fraction of sp³-hybridized carbons (Fsp3) is 0.421. The molecule has 1 aromatic carbocycles. The highest BCUT2D eigenvalue weighted by molar-refractivity contribution is 7.89. The number of aromatic amines is 1. The summed E-state index contributed by atoms with van der Waals surface area (Å²) in [6.07, 6.45) is -4.83. The number of nitrogens with one attached hydrogen (secondary N) is 1. The lowest BCUT2D eigenvalue weighted by atomic mass is 10.0. The van der Waals surface area contributed by atoms with Crippen molar-refractivity contribution in [2.75, 3.05) is 38.8 Å². The normalized spacial score (nSPS) is 18.1. The molecule has 0 radical (unpaired) electrons. The molecule has 164 valence electrons. The van der Waals surface area contributed by atoms with Gasteiger partial charge < -0.3 is 14.6 Å². The van der Waals surface area contributed by atoms with Gasteiger partial charge in [0.25, 0.3) is 0 Å². The molecule has 0 bridgehead atoms. The van der Waals surface area contributed by atoms with Crippen molar-refractivity contribution in [3.63, 3.8) is 0 Å². The van der Waals surface area contributed by atoms with Crippen LogP contribution in [-0.4, -0.2) is 57.6 Å². The Bertz CT molecular complexity index is 1100. The lowest BCUT2D eigenvalue weighted by molar-refractivity contribution is -0.137. The van der Waals surface area contributed by atoms with E-state index in [0.29, 0.717) is 31.5 Å². The molecule has 7 nitrogen and oxygen atoms in total. The van der Waals surface area contributed by atoms with Crippen molar-refractivity contribution in [3.8, 4) is 11.3 Å². The van der Waals surface area contributed by atoms with Crippen molar-refractivity contribution in [1.29, 1.82) is 0 Å². The van der Waals surface area contributed by atoms with Gasteiger partial charge in [-0.2, -0.15) is 13.2 Å². The maximum Gasteiger partial charge on any atom is 0.417 e. The van der Waals surface area contributed by atoms with Crippen molar-refractivity contribution in [2.45, 2.75) is 24.0 Å². The Labute approximate surface area is 172 Å². The summed E-state index contributed by atoms with van der Waals surface area (Å²) in [4.78, 5) is 16.1.